The van der Waals surface area contributed by atoms with Crippen molar-refractivity contribution in [1.29, 1.82) is 0 Å². The van der Waals surface area contributed by atoms with Gasteiger partial charge in [0.25, 0.3) is 0 Å². The van der Waals surface area contributed by atoms with Crippen LogP contribution in [0.15, 0.2) is 0 Å². The van der Waals surface area contributed by atoms with Crippen LogP contribution in [0.3, 0.4) is 0 Å². The van der Waals surface area contributed by atoms with E-state index in [0.29, 0.717) is 18.4 Å². The molecular weight excluding hydrogens is 326 g/mol. The molecule has 5 nitrogen and oxygen atoms in total. The normalized spacial score (nSPS) is 26.7. The zero-order valence-electron chi connectivity index (χ0n) is 16.6. The van der Waals surface area contributed by atoms with E-state index in [9.17, 15) is 9.59 Å². The molecule has 2 fully saturated rings. The second-order valence-electron chi connectivity index (χ2n) is 6.41. The topological polar surface area (TPSA) is 75.4 Å². The fraction of sp³-hybridized carbons (Fsp3) is 0.905. The fourth-order valence-corrected chi connectivity index (χ4v) is 3.58. The van der Waals surface area contributed by atoms with Crippen molar-refractivity contribution in [1.82, 2.24) is 10.2 Å². The summed E-state index contributed by atoms with van der Waals surface area (Å²) >= 11 is 0. The number of likely N-dealkylation sites (N-methyl/N-ethyl adjacent to an activating group) is 1. The summed E-state index contributed by atoms with van der Waals surface area (Å²) in [5.41, 5.74) is 5.70. The van der Waals surface area contributed by atoms with Gasteiger partial charge in [0.05, 0.1) is 0 Å². The molecule has 2 aliphatic rings. The highest BCUT2D eigenvalue weighted by atomic mass is 16.2. The van der Waals surface area contributed by atoms with Crippen LogP contribution in [0.1, 0.15) is 81.6 Å². The number of nitrogens with two attached hydrogens (primary N) is 1. The first-order valence-electron chi connectivity index (χ1n) is 9.79. The lowest BCUT2D eigenvalue weighted by Gasteiger charge is -2.32. The minimum Gasteiger partial charge on any atom is -0.357 e. The van der Waals surface area contributed by atoms with Gasteiger partial charge in [-0.25, -0.2) is 0 Å². The molecule has 2 unspecified atom stereocenters. The van der Waals surface area contributed by atoms with E-state index in [4.69, 9.17) is 5.73 Å². The number of rotatable bonds is 3. The molecule has 5 heteroatoms. The van der Waals surface area contributed by atoms with E-state index in [-0.39, 0.29) is 38.6 Å². The van der Waals surface area contributed by atoms with Crippen LogP contribution in [0.5, 0.6) is 0 Å². The molecule has 2 amide bonds. The van der Waals surface area contributed by atoms with E-state index in [0.717, 1.165) is 38.6 Å². The van der Waals surface area contributed by atoms with Crippen molar-refractivity contribution < 1.29 is 9.59 Å². The molecule has 3 N–H and O–H groups in total. The number of amides is 2. The highest BCUT2D eigenvalue weighted by Gasteiger charge is 2.40. The molecule has 2 rings (SSSR count). The summed E-state index contributed by atoms with van der Waals surface area (Å²) in [6.07, 6.45) is 4.71. The first-order chi connectivity index (χ1) is 11.6. The third kappa shape index (κ3) is 8.07. The molecule has 1 aliphatic heterocycles. The Morgan fingerprint density at radius 2 is 1.54 bits per heavy atom. The van der Waals surface area contributed by atoms with Crippen LogP contribution in [0, 0.1) is 17.8 Å². The van der Waals surface area contributed by atoms with Crippen molar-refractivity contribution in [3.63, 3.8) is 0 Å². The van der Waals surface area contributed by atoms with Gasteiger partial charge in [-0.1, -0.05) is 49.5 Å². The molecule has 0 aromatic heterocycles. The maximum Gasteiger partial charge on any atom is 0.242 e. The van der Waals surface area contributed by atoms with E-state index in [2.05, 4.69) is 12.2 Å². The first-order valence-corrected chi connectivity index (χ1v) is 9.79. The quantitative estimate of drug-likeness (QED) is 0.783. The van der Waals surface area contributed by atoms with E-state index < -0.39 is 0 Å². The standard InChI is InChI=1S/C15H27N3O2.2C2H6.2CH4/c1-10-7-13(14(19)17-2)18(9-10)15(20)12-5-3-11(8-16)4-6-12;2*1-2;;/h10-13H,3-9,16H2,1-2H3,(H,17,19);2*1-2H3;2*1H4. The summed E-state index contributed by atoms with van der Waals surface area (Å²) in [6, 6.07) is -0.269. The van der Waals surface area contributed by atoms with Crippen molar-refractivity contribution in [3.05, 3.63) is 0 Å². The van der Waals surface area contributed by atoms with Gasteiger partial charge in [-0.2, -0.15) is 0 Å². The Kier molecular flexibility index (Phi) is 18.4. The Morgan fingerprint density at radius 1 is 1.04 bits per heavy atom. The minimum atomic E-state index is -0.269. The zero-order chi connectivity index (χ0) is 18.7. The SMILES string of the molecule is C.C.CC.CC.CNC(=O)C1CC(C)CN1C(=O)C1CCC(CN)CC1. The number of carbonyl (C=O) groups is 2. The Hall–Kier alpha value is -1.10. The summed E-state index contributed by atoms with van der Waals surface area (Å²) in [7, 11) is 1.64. The number of hydrogen-bond donors (Lipinski definition) is 2. The van der Waals surface area contributed by atoms with E-state index in [1.54, 1.807) is 7.05 Å². The smallest absolute Gasteiger partial charge is 0.242 e. The van der Waals surface area contributed by atoms with Crippen LogP contribution in [-0.2, 0) is 9.59 Å². The number of likely N-dealkylation sites (tertiary alicyclic amines) is 1. The largest absolute Gasteiger partial charge is 0.357 e. The van der Waals surface area contributed by atoms with E-state index in [1.807, 2.05) is 32.6 Å². The van der Waals surface area contributed by atoms with E-state index in [1.165, 1.54) is 0 Å². The summed E-state index contributed by atoms with van der Waals surface area (Å²) in [5.74, 6) is 1.22. The molecule has 0 aromatic rings. The lowest BCUT2D eigenvalue weighted by molar-refractivity contribution is -0.142. The summed E-state index contributed by atoms with van der Waals surface area (Å²) in [6.45, 7) is 11.5. The van der Waals surface area contributed by atoms with Crippen molar-refractivity contribution >= 4 is 11.8 Å². The molecule has 0 aromatic carbocycles. The van der Waals surface area contributed by atoms with Gasteiger partial charge in [0.15, 0.2) is 0 Å². The Balaban J connectivity index is -0.000000824. The van der Waals surface area contributed by atoms with Crippen molar-refractivity contribution in [3.8, 4) is 0 Å². The zero-order valence-corrected chi connectivity index (χ0v) is 16.6. The Morgan fingerprint density at radius 3 is 1.96 bits per heavy atom. The molecule has 0 radical (unpaired) electrons. The van der Waals surface area contributed by atoms with Gasteiger partial charge in [-0.05, 0) is 50.5 Å². The molecule has 26 heavy (non-hydrogen) atoms. The number of nitrogens with one attached hydrogen (secondary N) is 1. The molecule has 2 atom stereocenters. The van der Waals surface area contributed by atoms with Crippen LogP contribution in [0.4, 0.5) is 0 Å². The number of nitrogens with zero attached hydrogens (tertiary/aromatic N) is 1. The predicted molar refractivity (Wildman–Crippen MR) is 114 cm³/mol. The third-order valence-electron chi connectivity index (χ3n) is 4.87. The molecule has 1 saturated carbocycles. The van der Waals surface area contributed by atoms with Gasteiger partial charge in [-0.3, -0.25) is 9.59 Å². The van der Waals surface area contributed by atoms with Crippen LogP contribution in [0.2, 0.25) is 0 Å². The second kappa shape index (κ2) is 16.1. The monoisotopic (exact) mass is 373 g/mol. The Bertz CT molecular complexity index is 366. The molecule has 1 saturated heterocycles. The van der Waals surface area contributed by atoms with Crippen molar-refractivity contribution in [2.24, 2.45) is 23.5 Å². The summed E-state index contributed by atoms with van der Waals surface area (Å²) in [4.78, 5) is 26.4. The third-order valence-corrected chi connectivity index (χ3v) is 4.87. The first kappa shape index (κ1) is 29.7. The highest BCUT2D eigenvalue weighted by molar-refractivity contribution is 5.89. The molecule has 1 heterocycles. The lowest BCUT2D eigenvalue weighted by Crippen LogP contribution is -2.47. The molecule has 1 aliphatic carbocycles. The lowest BCUT2D eigenvalue weighted by atomic mass is 9.81. The minimum absolute atomic E-state index is 0. The van der Waals surface area contributed by atoms with Gasteiger partial charge >= 0.3 is 0 Å². The van der Waals surface area contributed by atoms with Crippen LogP contribution in [0.25, 0.3) is 0 Å². The van der Waals surface area contributed by atoms with Gasteiger partial charge in [0.2, 0.25) is 11.8 Å². The van der Waals surface area contributed by atoms with Gasteiger partial charge in [0, 0.05) is 19.5 Å². The summed E-state index contributed by atoms with van der Waals surface area (Å²) in [5, 5.41) is 2.68. The number of carbonyl (C=O) groups excluding carboxylic acids is 2. The average Bonchev–Trinajstić information content (AvgIpc) is 3.05. The molecular formula is C21H47N3O2. The average molecular weight is 374 g/mol. The molecule has 0 spiro atoms. The van der Waals surface area contributed by atoms with Gasteiger partial charge < -0.3 is 16.0 Å². The van der Waals surface area contributed by atoms with Crippen LogP contribution < -0.4 is 11.1 Å². The maximum atomic E-state index is 12.7. The van der Waals surface area contributed by atoms with Crippen LogP contribution in [-0.4, -0.2) is 42.9 Å². The van der Waals surface area contributed by atoms with Gasteiger partial charge in [0.1, 0.15) is 6.04 Å². The molecule has 158 valence electrons. The second-order valence-corrected chi connectivity index (χ2v) is 6.41. The van der Waals surface area contributed by atoms with E-state index >= 15 is 0 Å². The van der Waals surface area contributed by atoms with Crippen molar-refractivity contribution in [2.45, 2.75) is 87.6 Å². The van der Waals surface area contributed by atoms with Gasteiger partial charge in [-0.15, -0.1) is 0 Å². The van der Waals surface area contributed by atoms with Crippen LogP contribution >= 0.6 is 0 Å². The Labute approximate surface area is 163 Å². The maximum absolute atomic E-state index is 12.7. The molecule has 0 bridgehead atoms. The number of hydrogen-bond acceptors (Lipinski definition) is 3. The summed E-state index contributed by atoms with van der Waals surface area (Å²) < 4.78 is 0. The fourth-order valence-electron chi connectivity index (χ4n) is 3.58. The highest BCUT2D eigenvalue weighted by Crippen LogP contribution is 2.32. The van der Waals surface area contributed by atoms with Crippen molar-refractivity contribution in [2.75, 3.05) is 20.1 Å². The predicted octanol–water partition coefficient (Wildman–Crippen LogP) is 4.06.